The fraction of sp³-hybridized carbons (Fsp3) is 0.0769. The van der Waals surface area contributed by atoms with Crippen molar-refractivity contribution in [2.24, 2.45) is 0 Å². The van der Waals surface area contributed by atoms with Crippen molar-refractivity contribution in [1.82, 2.24) is 9.97 Å². The summed E-state index contributed by atoms with van der Waals surface area (Å²) in [6, 6.07) is 27.4. The minimum absolute atomic E-state index is 0.133. The van der Waals surface area contributed by atoms with E-state index in [0.717, 1.165) is 43.6 Å². The first-order valence-electron chi connectivity index (χ1n) is 10.3. The van der Waals surface area contributed by atoms with Crippen LogP contribution in [0.4, 0.5) is 0 Å². The van der Waals surface area contributed by atoms with Gasteiger partial charge in [0.15, 0.2) is 0 Å². The van der Waals surface area contributed by atoms with Gasteiger partial charge in [-0.3, -0.25) is 9.59 Å². The van der Waals surface area contributed by atoms with Crippen molar-refractivity contribution in [2.45, 2.75) is 5.92 Å². The first-order chi connectivity index (χ1) is 16.1. The highest BCUT2D eigenvalue weighted by Crippen LogP contribution is 2.43. The molecule has 164 valence electrons. The highest BCUT2D eigenvalue weighted by Gasteiger charge is 2.28. The van der Waals surface area contributed by atoms with Gasteiger partial charge in [0.2, 0.25) is 0 Å². The zero-order valence-electron chi connectivity index (χ0n) is 17.7. The lowest BCUT2D eigenvalue weighted by atomic mass is 9.91. The zero-order chi connectivity index (χ0) is 22.8. The van der Waals surface area contributed by atoms with Gasteiger partial charge in [-0.25, -0.2) is 0 Å². The Hall–Kier alpha value is -3.68. The van der Waals surface area contributed by atoms with Gasteiger partial charge in [0, 0.05) is 9.75 Å². The second kappa shape index (κ2) is 9.05. The molecule has 7 heteroatoms. The Morgan fingerprint density at radius 3 is 1.55 bits per heavy atom. The minimum Gasteiger partial charge on any atom is -0.497 e. The lowest BCUT2D eigenvalue weighted by Gasteiger charge is -2.18. The lowest BCUT2D eigenvalue weighted by Crippen LogP contribution is -2.03. The average Bonchev–Trinajstić information content (AvgIpc) is 3.43. The number of rotatable bonds is 6. The number of thiazole rings is 2. The van der Waals surface area contributed by atoms with E-state index in [9.17, 15) is 9.59 Å². The summed E-state index contributed by atoms with van der Waals surface area (Å²) in [6.07, 6.45) is 0. The van der Waals surface area contributed by atoms with Crippen LogP contribution in [0.3, 0.4) is 0 Å². The summed E-state index contributed by atoms with van der Waals surface area (Å²) < 4.78 is 5.35. The van der Waals surface area contributed by atoms with E-state index in [1.165, 1.54) is 22.7 Å². The van der Waals surface area contributed by atoms with Gasteiger partial charge in [0.1, 0.15) is 5.75 Å². The summed E-state index contributed by atoms with van der Waals surface area (Å²) in [6.45, 7) is 0. The first-order valence-corrected chi connectivity index (χ1v) is 12.0. The van der Waals surface area contributed by atoms with Gasteiger partial charge in [0.25, 0.3) is 0 Å². The summed E-state index contributed by atoms with van der Waals surface area (Å²) in [7, 11) is 1.63. The predicted molar refractivity (Wildman–Crippen MR) is 135 cm³/mol. The Morgan fingerprint density at radius 1 is 0.667 bits per heavy atom. The van der Waals surface area contributed by atoms with Crippen molar-refractivity contribution in [1.29, 1.82) is 0 Å². The van der Waals surface area contributed by atoms with Crippen molar-refractivity contribution in [3.63, 3.8) is 0 Å². The Bertz CT molecular complexity index is 1390. The number of hydrogen-bond acceptors (Lipinski definition) is 5. The van der Waals surface area contributed by atoms with Crippen molar-refractivity contribution < 1.29 is 4.74 Å². The number of hydrogen-bond donors (Lipinski definition) is 2. The second-order valence-electron chi connectivity index (χ2n) is 7.45. The van der Waals surface area contributed by atoms with Crippen LogP contribution in [0.15, 0.2) is 94.5 Å². The first kappa shape index (κ1) is 21.2. The zero-order valence-corrected chi connectivity index (χ0v) is 19.3. The van der Waals surface area contributed by atoms with Gasteiger partial charge < -0.3 is 14.7 Å². The summed E-state index contributed by atoms with van der Waals surface area (Å²) >= 11 is 2.36. The molecule has 2 heterocycles. The maximum Gasteiger partial charge on any atom is 0.305 e. The third-order valence-electron chi connectivity index (χ3n) is 5.45. The van der Waals surface area contributed by atoms with Crippen LogP contribution >= 0.6 is 22.7 Å². The summed E-state index contributed by atoms with van der Waals surface area (Å²) in [4.78, 5) is 32.7. The maximum atomic E-state index is 12.6. The number of ether oxygens (including phenoxy) is 1. The average molecular weight is 473 g/mol. The lowest BCUT2D eigenvalue weighted by molar-refractivity contribution is 0.414. The number of methoxy groups -OCH3 is 1. The quantitative estimate of drug-likeness (QED) is 0.332. The number of H-pyrrole nitrogens is 2. The van der Waals surface area contributed by atoms with E-state index in [-0.39, 0.29) is 15.7 Å². The minimum atomic E-state index is -0.311. The standard InChI is InChI=1S/C26H20N2O3S2/c1-31-19-14-12-16(13-15-19)20(23-21(27-25(29)32-23)17-8-4-2-5-9-17)24-22(28-26(30)33-24)18-10-6-3-7-11-18/h2-15,20H,1H3,(H,27,29)(H,28,30). The molecule has 0 spiro atoms. The van der Waals surface area contributed by atoms with Crippen LogP contribution in [-0.2, 0) is 0 Å². The van der Waals surface area contributed by atoms with Crippen LogP contribution < -0.4 is 14.5 Å². The molecular weight excluding hydrogens is 452 g/mol. The molecule has 5 nitrogen and oxygen atoms in total. The SMILES string of the molecule is COc1ccc(C(c2sc(=O)[nH]c2-c2ccccc2)c2sc(=O)[nH]c2-c2ccccc2)cc1. The predicted octanol–water partition coefficient (Wildman–Crippen LogP) is 5.71. The number of aromatic amines is 2. The second-order valence-corrected chi connectivity index (χ2v) is 9.48. The van der Waals surface area contributed by atoms with Crippen LogP contribution in [0.5, 0.6) is 5.75 Å². The van der Waals surface area contributed by atoms with Gasteiger partial charge in [-0.15, -0.1) is 0 Å². The molecule has 0 unspecified atom stereocenters. The van der Waals surface area contributed by atoms with E-state index in [4.69, 9.17) is 4.74 Å². The fourth-order valence-corrected chi connectivity index (χ4v) is 6.01. The van der Waals surface area contributed by atoms with Crippen LogP contribution in [0.2, 0.25) is 0 Å². The molecule has 33 heavy (non-hydrogen) atoms. The van der Waals surface area contributed by atoms with E-state index >= 15 is 0 Å². The molecule has 0 radical (unpaired) electrons. The Morgan fingerprint density at radius 2 is 1.12 bits per heavy atom. The highest BCUT2D eigenvalue weighted by molar-refractivity contribution is 7.11. The van der Waals surface area contributed by atoms with E-state index in [0.29, 0.717) is 0 Å². The normalized spacial score (nSPS) is 11.1. The summed E-state index contributed by atoms with van der Waals surface area (Å²) in [5.74, 6) is 0.433. The Balaban J connectivity index is 1.77. The molecule has 2 N–H and O–H groups in total. The van der Waals surface area contributed by atoms with Crippen molar-refractivity contribution >= 4 is 22.7 Å². The molecule has 2 aromatic heterocycles. The van der Waals surface area contributed by atoms with Gasteiger partial charge in [-0.05, 0) is 28.8 Å². The number of nitrogens with one attached hydrogen (secondary N) is 2. The summed E-state index contributed by atoms with van der Waals surface area (Å²) in [5, 5.41) is 0. The molecule has 0 aliphatic carbocycles. The van der Waals surface area contributed by atoms with Crippen LogP contribution in [0, 0.1) is 0 Å². The van der Waals surface area contributed by atoms with Crippen molar-refractivity contribution in [3.05, 3.63) is 120 Å². The Kier molecular flexibility index (Phi) is 5.81. The van der Waals surface area contributed by atoms with Gasteiger partial charge in [-0.1, -0.05) is 95.5 Å². The Labute approximate surface area is 198 Å². The van der Waals surface area contributed by atoms with Gasteiger partial charge in [-0.2, -0.15) is 0 Å². The van der Waals surface area contributed by atoms with Crippen LogP contribution in [0.1, 0.15) is 21.2 Å². The number of benzene rings is 3. The largest absolute Gasteiger partial charge is 0.497 e. The molecule has 0 amide bonds. The molecular formula is C26H20N2O3S2. The molecule has 0 atom stereocenters. The highest BCUT2D eigenvalue weighted by atomic mass is 32.1. The third-order valence-corrected chi connectivity index (χ3v) is 7.35. The molecule has 0 saturated carbocycles. The van der Waals surface area contributed by atoms with E-state index in [1.807, 2.05) is 84.9 Å². The molecule has 0 bridgehead atoms. The fourth-order valence-electron chi connectivity index (χ4n) is 3.94. The molecule has 0 saturated heterocycles. The molecule has 5 rings (SSSR count). The van der Waals surface area contributed by atoms with Crippen molar-refractivity contribution in [2.75, 3.05) is 7.11 Å². The maximum absolute atomic E-state index is 12.6. The van der Waals surface area contributed by atoms with Crippen molar-refractivity contribution in [3.8, 4) is 28.3 Å². The topological polar surface area (TPSA) is 75.0 Å². The van der Waals surface area contributed by atoms with E-state index < -0.39 is 0 Å². The monoisotopic (exact) mass is 472 g/mol. The van der Waals surface area contributed by atoms with Crippen LogP contribution in [-0.4, -0.2) is 17.1 Å². The number of aromatic nitrogens is 2. The van der Waals surface area contributed by atoms with E-state index in [2.05, 4.69) is 9.97 Å². The van der Waals surface area contributed by atoms with Gasteiger partial charge >= 0.3 is 9.75 Å². The third kappa shape index (κ3) is 4.20. The molecule has 0 aliphatic rings. The smallest absolute Gasteiger partial charge is 0.305 e. The molecule has 0 fully saturated rings. The summed E-state index contributed by atoms with van der Waals surface area (Å²) in [5.41, 5.74) is 4.36. The van der Waals surface area contributed by atoms with Crippen LogP contribution in [0.25, 0.3) is 22.5 Å². The molecule has 0 aliphatic heterocycles. The van der Waals surface area contributed by atoms with Gasteiger partial charge in [0.05, 0.1) is 24.4 Å². The molecule has 5 aromatic rings. The van der Waals surface area contributed by atoms with E-state index in [1.54, 1.807) is 7.11 Å². The molecule has 3 aromatic carbocycles.